The summed E-state index contributed by atoms with van der Waals surface area (Å²) in [6.45, 7) is 5.49. The van der Waals surface area contributed by atoms with Crippen LogP contribution in [-0.4, -0.2) is 53.7 Å². The molecular formula is C23H25N5O2. The molecule has 2 heterocycles. The molecule has 0 saturated carbocycles. The van der Waals surface area contributed by atoms with Gasteiger partial charge < -0.3 is 19.9 Å². The summed E-state index contributed by atoms with van der Waals surface area (Å²) in [5, 5.41) is 11.6. The Morgan fingerprint density at radius 2 is 1.67 bits per heavy atom. The Kier molecular flexibility index (Phi) is 6.08. The van der Waals surface area contributed by atoms with Gasteiger partial charge in [0.15, 0.2) is 5.82 Å². The second-order valence-corrected chi connectivity index (χ2v) is 7.00. The normalized spacial score (nSPS) is 13.8. The smallest absolute Gasteiger partial charge is 0.257 e. The molecule has 7 nitrogen and oxygen atoms in total. The largest absolute Gasteiger partial charge is 0.457 e. The predicted octanol–water partition coefficient (Wildman–Crippen LogP) is 3.66. The zero-order chi connectivity index (χ0) is 20.8. The van der Waals surface area contributed by atoms with Crippen molar-refractivity contribution in [3.05, 3.63) is 72.3 Å². The van der Waals surface area contributed by atoms with Crippen molar-refractivity contribution >= 4 is 17.5 Å². The van der Waals surface area contributed by atoms with E-state index >= 15 is 0 Å². The van der Waals surface area contributed by atoms with Crippen LogP contribution in [0.4, 0.5) is 11.6 Å². The molecule has 4 rings (SSSR count). The van der Waals surface area contributed by atoms with Crippen molar-refractivity contribution in [3.8, 4) is 11.5 Å². The summed E-state index contributed by atoms with van der Waals surface area (Å²) >= 11 is 0. The van der Waals surface area contributed by atoms with E-state index in [0.717, 1.165) is 18.2 Å². The first-order valence-corrected chi connectivity index (χ1v) is 10.2. The van der Waals surface area contributed by atoms with Gasteiger partial charge in [-0.1, -0.05) is 30.3 Å². The maximum atomic E-state index is 13.2. The van der Waals surface area contributed by atoms with Crippen LogP contribution >= 0.6 is 0 Å². The number of carbonyl (C=O) groups is 1. The molecule has 0 bridgehead atoms. The van der Waals surface area contributed by atoms with Crippen molar-refractivity contribution in [2.24, 2.45) is 0 Å². The molecule has 0 spiro atoms. The third-order valence-corrected chi connectivity index (χ3v) is 4.99. The highest BCUT2D eigenvalue weighted by atomic mass is 16.5. The molecule has 0 aliphatic carbocycles. The molecule has 30 heavy (non-hydrogen) atoms. The molecule has 0 unspecified atom stereocenters. The van der Waals surface area contributed by atoms with Crippen molar-refractivity contribution in [3.63, 3.8) is 0 Å². The number of benzene rings is 2. The Morgan fingerprint density at radius 3 is 2.37 bits per heavy atom. The third-order valence-electron chi connectivity index (χ3n) is 4.99. The topological polar surface area (TPSA) is 70.6 Å². The van der Waals surface area contributed by atoms with Gasteiger partial charge in [0.2, 0.25) is 0 Å². The molecule has 1 aromatic heterocycles. The van der Waals surface area contributed by atoms with Gasteiger partial charge in [0.1, 0.15) is 17.3 Å². The zero-order valence-electron chi connectivity index (χ0n) is 17.0. The number of amides is 1. The lowest BCUT2D eigenvalue weighted by atomic mass is 10.1. The van der Waals surface area contributed by atoms with Crippen molar-refractivity contribution in [1.29, 1.82) is 0 Å². The predicted molar refractivity (Wildman–Crippen MR) is 117 cm³/mol. The van der Waals surface area contributed by atoms with E-state index in [4.69, 9.17) is 4.74 Å². The summed E-state index contributed by atoms with van der Waals surface area (Å²) in [4.78, 5) is 17.2. The van der Waals surface area contributed by atoms with Crippen LogP contribution in [0.25, 0.3) is 0 Å². The van der Waals surface area contributed by atoms with E-state index in [2.05, 4.69) is 20.4 Å². The van der Waals surface area contributed by atoms with Crippen LogP contribution in [0, 0.1) is 0 Å². The van der Waals surface area contributed by atoms with Crippen LogP contribution in [0.3, 0.4) is 0 Å². The minimum absolute atomic E-state index is 0.0187. The number of piperazine rings is 1. The van der Waals surface area contributed by atoms with Gasteiger partial charge in [0, 0.05) is 32.7 Å². The van der Waals surface area contributed by atoms with Gasteiger partial charge >= 0.3 is 0 Å². The molecule has 1 aliphatic heterocycles. The highest BCUT2D eigenvalue weighted by molar-refractivity contribution is 5.97. The second kappa shape index (κ2) is 9.26. The van der Waals surface area contributed by atoms with E-state index in [0.29, 0.717) is 43.2 Å². The number of rotatable bonds is 6. The van der Waals surface area contributed by atoms with Gasteiger partial charge in [0.05, 0.1) is 5.56 Å². The molecule has 3 aromatic rings. The highest BCUT2D eigenvalue weighted by Crippen LogP contribution is 2.26. The van der Waals surface area contributed by atoms with Gasteiger partial charge in [-0.2, -0.15) is 0 Å². The molecule has 0 radical (unpaired) electrons. The van der Waals surface area contributed by atoms with Crippen molar-refractivity contribution in [2.45, 2.75) is 6.92 Å². The number of hydrogen-bond acceptors (Lipinski definition) is 6. The van der Waals surface area contributed by atoms with Crippen molar-refractivity contribution in [2.75, 3.05) is 42.9 Å². The average molecular weight is 403 g/mol. The van der Waals surface area contributed by atoms with E-state index < -0.39 is 0 Å². The monoisotopic (exact) mass is 403 g/mol. The number of anilines is 2. The molecule has 154 valence electrons. The lowest BCUT2D eigenvalue weighted by Gasteiger charge is -2.35. The number of ether oxygens (including phenoxy) is 1. The van der Waals surface area contributed by atoms with Gasteiger partial charge in [-0.25, -0.2) is 0 Å². The standard InChI is InChI=1S/C23H25N5O2/c1-2-24-21-12-13-22(26-25-21)27-14-16-28(17-15-27)23(29)19-10-6-7-11-20(19)30-18-8-4-3-5-9-18/h3-13H,2,14-17H2,1H3,(H,24,25). The van der Waals surface area contributed by atoms with E-state index in [1.165, 1.54) is 0 Å². The highest BCUT2D eigenvalue weighted by Gasteiger charge is 2.25. The van der Waals surface area contributed by atoms with E-state index in [9.17, 15) is 4.79 Å². The van der Waals surface area contributed by atoms with Gasteiger partial charge in [-0.3, -0.25) is 4.79 Å². The zero-order valence-corrected chi connectivity index (χ0v) is 17.0. The Hall–Kier alpha value is -3.61. The fourth-order valence-corrected chi connectivity index (χ4v) is 3.43. The molecule has 0 atom stereocenters. The number of carbonyl (C=O) groups excluding carboxylic acids is 1. The fourth-order valence-electron chi connectivity index (χ4n) is 3.43. The Morgan fingerprint density at radius 1 is 0.933 bits per heavy atom. The Bertz CT molecular complexity index is 970. The first kappa shape index (κ1) is 19.7. The van der Waals surface area contributed by atoms with Crippen molar-refractivity contribution < 1.29 is 9.53 Å². The van der Waals surface area contributed by atoms with Gasteiger partial charge in [-0.15, -0.1) is 10.2 Å². The van der Waals surface area contributed by atoms with Crippen LogP contribution in [0.5, 0.6) is 11.5 Å². The number of hydrogen-bond donors (Lipinski definition) is 1. The number of para-hydroxylation sites is 2. The lowest BCUT2D eigenvalue weighted by molar-refractivity contribution is 0.0744. The number of nitrogens with zero attached hydrogens (tertiary/aromatic N) is 4. The minimum Gasteiger partial charge on any atom is -0.457 e. The summed E-state index contributed by atoms with van der Waals surface area (Å²) in [5.74, 6) is 2.86. The molecule has 7 heteroatoms. The summed E-state index contributed by atoms with van der Waals surface area (Å²) in [6, 6.07) is 20.8. The molecule has 1 N–H and O–H groups in total. The Balaban J connectivity index is 1.41. The molecule has 1 fully saturated rings. The lowest BCUT2D eigenvalue weighted by Crippen LogP contribution is -2.49. The Labute approximate surface area is 176 Å². The molecule has 1 aliphatic rings. The van der Waals surface area contributed by atoms with Crippen LogP contribution in [0.2, 0.25) is 0 Å². The summed E-state index contributed by atoms with van der Waals surface area (Å²) in [7, 11) is 0. The van der Waals surface area contributed by atoms with Crippen LogP contribution < -0.4 is 15.0 Å². The summed E-state index contributed by atoms with van der Waals surface area (Å²) < 4.78 is 5.96. The van der Waals surface area contributed by atoms with E-state index in [1.54, 1.807) is 0 Å². The van der Waals surface area contributed by atoms with Gasteiger partial charge in [-0.05, 0) is 43.3 Å². The third kappa shape index (κ3) is 4.51. The van der Waals surface area contributed by atoms with E-state index in [1.807, 2.05) is 78.6 Å². The first-order valence-electron chi connectivity index (χ1n) is 10.2. The van der Waals surface area contributed by atoms with Crippen molar-refractivity contribution in [1.82, 2.24) is 15.1 Å². The summed E-state index contributed by atoms with van der Waals surface area (Å²) in [6.07, 6.45) is 0. The van der Waals surface area contributed by atoms with Gasteiger partial charge in [0.25, 0.3) is 5.91 Å². The van der Waals surface area contributed by atoms with Crippen LogP contribution in [-0.2, 0) is 0 Å². The molecular weight excluding hydrogens is 378 g/mol. The molecule has 1 saturated heterocycles. The van der Waals surface area contributed by atoms with E-state index in [-0.39, 0.29) is 5.91 Å². The quantitative estimate of drug-likeness (QED) is 0.677. The maximum Gasteiger partial charge on any atom is 0.257 e. The fraction of sp³-hybridized carbons (Fsp3) is 0.261. The second-order valence-electron chi connectivity index (χ2n) is 7.00. The molecule has 1 amide bonds. The van der Waals surface area contributed by atoms with Crippen LogP contribution in [0.1, 0.15) is 17.3 Å². The molecule has 2 aromatic carbocycles. The minimum atomic E-state index is -0.0187. The first-order chi connectivity index (χ1) is 14.7. The van der Waals surface area contributed by atoms with Crippen LogP contribution in [0.15, 0.2) is 66.7 Å². The average Bonchev–Trinajstić information content (AvgIpc) is 2.81. The maximum absolute atomic E-state index is 13.2. The number of aromatic nitrogens is 2. The number of nitrogens with one attached hydrogen (secondary N) is 1. The SMILES string of the molecule is CCNc1ccc(N2CCN(C(=O)c3ccccc3Oc3ccccc3)CC2)nn1. The summed E-state index contributed by atoms with van der Waals surface area (Å²) in [5.41, 5.74) is 0.574.